The van der Waals surface area contributed by atoms with E-state index < -0.39 is 35.6 Å². The van der Waals surface area contributed by atoms with Crippen molar-refractivity contribution in [3.63, 3.8) is 0 Å². The standard InChI is InChI=1S/C12H17F3N2O3/c1-16-9(19)11(4-5-11)10(20)17-6-2-3-7(17)8(18)12(13,14)15/h7-8,18H,2-6H2,1H3,(H,16,19). The van der Waals surface area contributed by atoms with E-state index in [9.17, 15) is 27.9 Å². The van der Waals surface area contributed by atoms with Gasteiger partial charge in [0.15, 0.2) is 6.10 Å². The lowest BCUT2D eigenvalue weighted by atomic mass is 10.0. The van der Waals surface area contributed by atoms with Gasteiger partial charge in [-0.1, -0.05) is 0 Å². The number of nitrogens with one attached hydrogen (secondary N) is 1. The monoisotopic (exact) mass is 294 g/mol. The molecule has 2 unspecified atom stereocenters. The molecule has 0 radical (unpaired) electrons. The third-order valence-electron chi connectivity index (χ3n) is 4.08. The average Bonchev–Trinajstić information content (AvgIpc) is 3.06. The van der Waals surface area contributed by atoms with E-state index in [4.69, 9.17) is 0 Å². The summed E-state index contributed by atoms with van der Waals surface area (Å²) in [4.78, 5) is 25.1. The third kappa shape index (κ3) is 2.36. The Morgan fingerprint density at radius 1 is 1.40 bits per heavy atom. The normalized spacial score (nSPS) is 26.2. The fourth-order valence-corrected chi connectivity index (χ4v) is 2.77. The molecular weight excluding hydrogens is 277 g/mol. The topological polar surface area (TPSA) is 69.6 Å². The highest BCUT2D eigenvalue weighted by molar-refractivity contribution is 6.07. The van der Waals surface area contributed by atoms with Crippen LogP contribution in [-0.2, 0) is 9.59 Å². The summed E-state index contributed by atoms with van der Waals surface area (Å²) in [6, 6.07) is -1.29. The Morgan fingerprint density at radius 3 is 2.45 bits per heavy atom. The number of rotatable bonds is 3. The van der Waals surface area contributed by atoms with Gasteiger partial charge >= 0.3 is 6.18 Å². The maximum atomic E-state index is 12.6. The van der Waals surface area contributed by atoms with E-state index in [0.717, 1.165) is 4.90 Å². The summed E-state index contributed by atoms with van der Waals surface area (Å²) in [5.74, 6) is -1.06. The minimum absolute atomic E-state index is 0.0935. The molecular formula is C12H17F3N2O3. The van der Waals surface area contributed by atoms with Gasteiger partial charge in [0, 0.05) is 13.6 Å². The molecule has 2 aliphatic rings. The van der Waals surface area contributed by atoms with Crippen LogP contribution in [0.4, 0.5) is 13.2 Å². The Kier molecular flexibility index (Phi) is 3.70. The zero-order chi connectivity index (χ0) is 15.1. The van der Waals surface area contributed by atoms with Crippen molar-refractivity contribution in [3.8, 4) is 0 Å². The summed E-state index contributed by atoms with van der Waals surface area (Å²) >= 11 is 0. The average molecular weight is 294 g/mol. The molecule has 1 heterocycles. The van der Waals surface area contributed by atoms with Crippen LogP contribution in [0.2, 0.25) is 0 Å². The van der Waals surface area contributed by atoms with Crippen molar-refractivity contribution in [1.29, 1.82) is 0 Å². The third-order valence-corrected chi connectivity index (χ3v) is 4.08. The van der Waals surface area contributed by atoms with Gasteiger partial charge in [-0.3, -0.25) is 9.59 Å². The molecule has 2 fully saturated rings. The van der Waals surface area contributed by atoms with Crippen molar-refractivity contribution < 1.29 is 27.9 Å². The molecule has 0 spiro atoms. The zero-order valence-electron chi connectivity index (χ0n) is 11.0. The first-order chi connectivity index (χ1) is 9.24. The van der Waals surface area contributed by atoms with Gasteiger partial charge in [0.2, 0.25) is 11.8 Å². The first-order valence-electron chi connectivity index (χ1n) is 6.52. The first-order valence-corrected chi connectivity index (χ1v) is 6.52. The van der Waals surface area contributed by atoms with Crippen LogP contribution in [0.3, 0.4) is 0 Å². The summed E-state index contributed by atoms with van der Waals surface area (Å²) in [6.45, 7) is 0.148. The van der Waals surface area contributed by atoms with Crippen molar-refractivity contribution >= 4 is 11.8 Å². The van der Waals surface area contributed by atoms with Crippen molar-refractivity contribution in [3.05, 3.63) is 0 Å². The molecule has 114 valence electrons. The molecule has 2 atom stereocenters. The molecule has 0 bridgehead atoms. The van der Waals surface area contributed by atoms with E-state index in [-0.39, 0.29) is 13.0 Å². The predicted octanol–water partition coefficient (Wildman–Crippen LogP) is 0.427. The number of carbonyl (C=O) groups is 2. The summed E-state index contributed by atoms with van der Waals surface area (Å²) in [5, 5.41) is 11.7. The molecule has 1 aliphatic carbocycles. The lowest BCUT2D eigenvalue weighted by Crippen LogP contribution is -2.53. The SMILES string of the molecule is CNC(=O)C1(C(=O)N2CCCC2C(O)C(F)(F)F)CC1. The van der Waals surface area contributed by atoms with E-state index in [1.54, 1.807) is 0 Å². The molecule has 1 saturated heterocycles. The van der Waals surface area contributed by atoms with Gasteiger partial charge in [-0.05, 0) is 25.7 Å². The van der Waals surface area contributed by atoms with E-state index in [2.05, 4.69) is 5.32 Å². The predicted molar refractivity (Wildman–Crippen MR) is 62.5 cm³/mol. The molecule has 2 N–H and O–H groups in total. The zero-order valence-corrected chi connectivity index (χ0v) is 11.0. The fraction of sp³-hybridized carbons (Fsp3) is 0.833. The summed E-state index contributed by atoms with van der Waals surface area (Å²) in [7, 11) is 1.39. The number of aliphatic hydroxyl groups excluding tert-OH is 1. The second kappa shape index (κ2) is 4.91. The van der Waals surface area contributed by atoms with E-state index in [0.29, 0.717) is 19.3 Å². The first kappa shape index (κ1) is 15.1. The van der Waals surface area contributed by atoms with Gasteiger partial charge in [0.25, 0.3) is 0 Å². The Balaban J connectivity index is 2.16. The molecule has 0 aromatic carbocycles. The molecule has 5 nitrogen and oxygen atoms in total. The molecule has 1 aliphatic heterocycles. The van der Waals surface area contributed by atoms with Gasteiger partial charge in [-0.15, -0.1) is 0 Å². The van der Waals surface area contributed by atoms with Gasteiger partial charge in [0.1, 0.15) is 5.41 Å². The van der Waals surface area contributed by atoms with Crippen molar-refractivity contribution in [2.45, 2.75) is 44.0 Å². The van der Waals surface area contributed by atoms with Gasteiger partial charge in [-0.25, -0.2) is 0 Å². The number of carbonyl (C=O) groups excluding carboxylic acids is 2. The Labute approximate surface area is 114 Å². The molecule has 2 rings (SSSR count). The summed E-state index contributed by atoms with van der Waals surface area (Å²) in [6.07, 6.45) is -6.15. The largest absolute Gasteiger partial charge is 0.416 e. The van der Waals surface area contributed by atoms with Crippen LogP contribution in [0.15, 0.2) is 0 Å². The Morgan fingerprint density at radius 2 is 2.00 bits per heavy atom. The molecule has 1 saturated carbocycles. The van der Waals surface area contributed by atoms with Crippen LogP contribution in [0, 0.1) is 5.41 Å². The number of aliphatic hydroxyl groups is 1. The van der Waals surface area contributed by atoms with Crippen molar-refractivity contribution in [2.75, 3.05) is 13.6 Å². The fourth-order valence-electron chi connectivity index (χ4n) is 2.77. The Bertz CT molecular complexity index is 421. The number of likely N-dealkylation sites (tertiary alicyclic amines) is 1. The van der Waals surface area contributed by atoms with Crippen LogP contribution in [0.1, 0.15) is 25.7 Å². The van der Waals surface area contributed by atoms with Crippen LogP contribution < -0.4 is 5.32 Å². The molecule has 2 amide bonds. The smallest absolute Gasteiger partial charge is 0.382 e. The van der Waals surface area contributed by atoms with Crippen molar-refractivity contribution in [1.82, 2.24) is 10.2 Å². The summed E-state index contributed by atoms with van der Waals surface area (Å²) in [5.41, 5.74) is -1.22. The number of hydrogen-bond donors (Lipinski definition) is 2. The van der Waals surface area contributed by atoms with E-state index in [1.807, 2.05) is 0 Å². The van der Waals surface area contributed by atoms with E-state index >= 15 is 0 Å². The molecule has 0 aromatic heterocycles. The lowest BCUT2D eigenvalue weighted by Gasteiger charge is -2.32. The highest BCUT2D eigenvalue weighted by Crippen LogP contribution is 2.49. The van der Waals surface area contributed by atoms with Crippen LogP contribution in [0.25, 0.3) is 0 Å². The maximum Gasteiger partial charge on any atom is 0.416 e. The highest BCUT2D eigenvalue weighted by Gasteiger charge is 2.60. The number of nitrogens with zero attached hydrogens (tertiary/aromatic N) is 1. The lowest BCUT2D eigenvalue weighted by molar-refractivity contribution is -0.219. The Hall–Kier alpha value is -1.31. The van der Waals surface area contributed by atoms with Crippen LogP contribution >= 0.6 is 0 Å². The van der Waals surface area contributed by atoms with Crippen LogP contribution in [-0.4, -0.2) is 53.7 Å². The van der Waals surface area contributed by atoms with Gasteiger partial charge in [0.05, 0.1) is 6.04 Å². The summed E-state index contributed by atoms with van der Waals surface area (Å²) < 4.78 is 37.8. The van der Waals surface area contributed by atoms with Gasteiger partial charge in [-0.2, -0.15) is 13.2 Å². The van der Waals surface area contributed by atoms with Crippen molar-refractivity contribution in [2.24, 2.45) is 5.41 Å². The quantitative estimate of drug-likeness (QED) is 0.742. The molecule has 0 aromatic rings. The molecule has 8 heteroatoms. The minimum Gasteiger partial charge on any atom is -0.382 e. The van der Waals surface area contributed by atoms with Gasteiger partial charge < -0.3 is 15.3 Å². The van der Waals surface area contributed by atoms with Crippen LogP contribution in [0.5, 0.6) is 0 Å². The number of amides is 2. The number of alkyl halides is 3. The number of hydrogen-bond acceptors (Lipinski definition) is 3. The minimum atomic E-state index is -4.77. The van der Waals surface area contributed by atoms with E-state index in [1.165, 1.54) is 7.05 Å². The second-order valence-corrected chi connectivity index (χ2v) is 5.36. The maximum absolute atomic E-state index is 12.6. The molecule has 20 heavy (non-hydrogen) atoms. The highest BCUT2D eigenvalue weighted by atomic mass is 19.4. The second-order valence-electron chi connectivity index (χ2n) is 5.36. The number of halogens is 3.